The number of aryl methyl sites for hydroxylation is 1. The van der Waals surface area contributed by atoms with Gasteiger partial charge in [0, 0.05) is 17.2 Å². The van der Waals surface area contributed by atoms with Crippen molar-refractivity contribution in [3.8, 4) is 5.75 Å². The maximum atomic E-state index is 12.8. The van der Waals surface area contributed by atoms with E-state index in [1.165, 1.54) is 6.20 Å². The van der Waals surface area contributed by atoms with Gasteiger partial charge in [0.2, 0.25) is 0 Å². The highest BCUT2D eigenvalue weighted by Gasteiger charge is 2.34. The summed E-state index contributed by atoms with van der Waals surface area (Å²) in [7, 11) is 0. The summed E-state index contributed by atoms with van der Waals surface area (Å²) in [5, 5.41) is 0.307. The highest BCUT2D eigenvalue weighted by atomic mass is 35.5. The van der Waals surface area contributed by atoms with Crippen LogP contribution in [-0.2, 0) is 4.79 Å². The van der Waals surface area contributed by atoms with E-state index in [1.54, 1.807) is 37.0 Å². The molecule has 0 fully saturated rings. The molecule has 0 aliphatic carbocycles. The molecule has 1 atom stereocenters. The fourth-order valence-electron chi connectivity index (χ4n) is 2.73. The number of pyridine rings is 1. The quantitative estimate of drug-likeness (QED) is 0.628. The van der Waals surface area contributed by atoms with Gasteiger partial charge in [-0.2, -0.15) is 0 Å². The number of nitrogens with zero attached hydrogens (tertiary/aromatic N) is 2. The van der Waals surface area contributed by atoms with E-state index in [-0.39, 0.29) is 11.9 Å². The summed E-state index contributed by atoms with van der Waals surface area (Å²) in [6, 6.07) is 1.39. The highest BCUT2D eigenvalue weighted by Crippen LogP contribution is 2.33. The van der Waals surface area contributed by atoms with Gasteiger partial charge < -0.3 is 9.64 Å². The Bertz CT molecular complexity index is 842. The molecule has 144 valence electrons. The molecule has 1 aliphatic heterocycles. The number of carbonyl (C=O) groups excluding carboxylic acids is 1. The summed E-state index contributed by atoms with van der Waals surface area (Å²) in [5.41, 5.74) is 5.29. The Labute approximate surface area is 162 Å². The van der Waals surface area contributed by atoms with Gasteiger partial charge in [-0.05, 0) is 44.6 Å². The van der Waals surface area contributed by atoms with Gasteiger partial charge in [-0.3, -0.25) is 9.78 Å². The average Bonchev–Trinajstić information content (AvgIpc) is 2.94. The Morgan fingerprint density at radius 3 is 2.81 bits per heavy atom. The molecule has 0 N–H and O–H groups in total. The Morgan fingerprint density at radius 1 is 1.56 bits per heavy atom. The van der Waals surface area contributed by atoms with Crippen molar-refractivity contribution in [3.63, 3.8) is 0 Å². The third-order valence-electron chi connectivity index (χ3n) is 4.21. The number of amides is 1. The van der Waals surface area contributed by atoms with Crippen molar-refractivity contribution in [2.75, 3.05) is 13.2 Å². The molecule has 2 rings (SSSR count). The van der Waals surface area contributed by atoms with Crippen molar-refractivity contribution in [3.05, 3.63) is 64.2 Å². The topological polar surface area (TPSA) is 42.4 Å². The van der Waals surface area contributed by atoms with Crippen molar-refractivity contribution in [2.24, 2.45) is 0 Å². The normalized spacial score (nSPS) is 15.1. The zero-order valence-electron chi connectivity index (χ0n) is 15.4. The third kappa shape index (κ3) is 4.85. The smallest absolute Gasteiger partial charge is 0.272 e. The van der Waals surface area contributed by atoms with Crippen LogP contribution in [0.3, 0.4) is 0 Å². The predicted octanol–water partition coefficient (Wildman–Crippen LogP) is 4.72. The van der Waals surface area contributed by atoms with Crippen LogP contribution in [0.1, 0.15) is 31.1 Å². The summed E-state index contributed by atoms with van der Waals surface area (Å²) >= 11 is 6.06. The summed E-state index contributed by atoms with van der Waals surface area (Å²) in [6.07, 6.45) is 2.14. The van der Waals surface area contributed by atoms with Gasteiger partial charge in [-0.1, -0.05) is 18.2 Å². The molecule has 27 heavy (non-hydrogen) atoms. The Kier molecular flexibility index (Phi) is 6.94. The van der Waals surface area contributed by atoms with Crippen LogP contribution >= 0.6 is 11.6 Å². The first-order valence-electron chi connectivity index (χ1n) is 8.39. The van der Waals surface area contributed by atoms with Gasteiger partial charge in [0.05, 0.1) is 23.5 Å². The summed E-state index contributed by atoms with van der Waals surface area (Å²) in [4.78, 5) is 18.7. The van der Waals surface area contributed by atoms with E-state index in [4.69, 9.17) is 16.3 Å². The second kappa shape index (κ2) is 8.98. The molecule has 0 radical (unpaired) electrons. The predicted molar refractivity (Wildman–Crippen MR) is 101 cm³/mol. The third-order valence-corrected chi connectivity index (χ3v) is 4.44. The molecule has 0 saturated carbocycles. The SMILES string of the molecule is C=C(Cl)C1=C(C=C=CC)C(=O)N(C(C)c2cc(C)c(OCC(F)F)cn2)C1. The molecule has 1 aromatic rings. The molecule has 2 heterocycles. The van der Waals surface area contributed by atoms with E-state index in [2.05, 4.69) is 17.3 Å². The number of ether oxygens (including phenoxy) is 1. The van der Waals surface area contributed by atoms with Crippen LogP contribution in [0.15, 0.2) is 52.9 Å². The standard InChI is InChI=1S/C20H21ClF2N2O2/c1-5-6-7-15-16(13(3)21)10-25(20(15)26)14(4)17-8-12(2)18(9-24-17)27-11-19(22)23/h5,7-9,14,19H,3,10-11H2,1-2,4H3. The lowest BCUT2D eigenvalue weighted by Crippen LogP contribution is -2.30. The lowest BCUT2D eigenvalue weighted by atomic mass is 10.1. The summed E-state index contributed by atoms with van der Waals surface area (Å²) in [6.45, 7) is 8.75. The lowest BCUT2D eigenvalue weighted by molar-refractivity contribution is -0.127. The van der Waals surface area contributed by atoms with Crippen molar-refractivity contribution < 1.29 is 18.3 Å². The molecule has 0 saturated heterocycles. The second-order valence-corrected chi connectivity index (χ2v) is 6.54. The number of hydrogen-bond acceptors (Lipinski definition) is 3. The molecule has 4 nitrogen and oxygen atoms in total. The molecule has 7 heteroatoms. The van der Waals surface area contributed by atoms with Crippen LogP contribution in [0, 0.1) is 6.92 Å². The molecule has 1 unspecified atom stereocenters. The number of rotatable bonds is 7. The monoisotopic (exact) mass is 394 g/mol. The maximum absolute atomic E-state index is 12.8. The van der Waals surface area contributed by atoms with E-state index in [0.29, 0.717) is 39.7 Å². The number of aromatic nitrogens is 1. The average molecular weight is 395 g/mol. The first-order chi connectivity index (χ1) is 12.8. The number of carbonyl (C=O) groups is 1. The van der Waals surface area contributed by atoms with Gasteiger partial charge in [0.25, 0.3) is 12.3 Å². The van der Waals surface area contributed by atoms with Crippen LogP contribution in [0.25, 0.3) is 0 Å². The van der Waals surface area contributed by atoms with Gasteiger partial charge in [0.15, 0.2) is 0 Å². The first kappa shape index (κ1) is 20.9. The van der Waals surface area contributed by atoms with Crippen LogP contribution in [-0.4, -0.2) is 35.4 Å². The van der Waals surface area contributed by atoms with E-state index in [9.17, 15) is 13.6 Å². The van der Waals surface area contributed by atoms with Crippen LogP contribution in [0.2, 0.25) is 0 Å². The van der Waals surface area contributed by atoms with E-state index in [1.807, 2.05) is 6.92 Å². The lowest BCUT2D eigenvalue weighted by Gasteiger charge is -2.25. The first-order valence-corrected chi connectivity index (χ1v) is 8.77. The number of alkyl halides is 2. The second-order valence-electron chi connectivity index (χ2n) is 6.08. The molecule has 1 aromatic heterocycles. The summed E-state index contributed by atoms with van der Waals surface area (Å²) in [5.74, 6) is 0.106. The van der Waals surface area contributed by atoms with Gasteiger partial charge >= 0.3 is 0 Å². The fraction of sp³-hybridized carbons (Fsp3) is 0.350. The van der Waals surface area contributed by atoms with Crippen molar-refractivity contribution in [1.82, 2.24) is 9.88 Å². The Balaban J connectivity index is 2.25. The fourth-order valence-corrected chi connectivity index (χ4v) is 2.89. The Morgan fingerprint density at radius 2 is 2.26 bits per heavy atom. The maximum Gasteiger partial charge on any atom is 0.272 e. The molecule has 1 amide bonds. The zero-order valence-corrected chi connectivity index (χ0v) is 16.2. The van der Waals surface area contributed by atoms with Crippen LogP contribution in [0.4, 0.5) is 8.78 Å². The van der Waals surface area contributed by atoms with Gasteiger partial charge in [-0.15, -0.1) is 5.73 Å². The van der Waals surface area contributed by atoms with E-state index in [0.717, 1.165) is 0 Å². The molecule has 0 bridgehead atoms. The molecular formula is C20H21ClF2N2O2. The molecule has 0 aromatic carbocycles. The molecular weight excluding hydrogens is 374 g/mol. The Hall–Kier alpha value is -2.43. The molecule has 0 spiro atoms. The van der Waals surface area contributed by atoms with Gasteiger partial charge in [-0.25, -0.2) is 8.78 Å². The van der Waals surface area contributed by atoms with Crippen LogP contribution in [0.5, 0.6) is 5.75 Å². The molecule has 1 aliphatic rings. The van der Waals surface area contributed by atoms with Crippen LogP contribution < -0.4 is 4.74 Å². The van der Waals surface area contributed by atoms with Crippen molar-refractivity contribution in [1.29, 1.82) is 0 Å². The summed E-state index contributed by atoms with van der Waals surface area (Å²) < 4.78 is 29.7. The zero-order chi connectivity index (χ0) is 20.1. The van der Waals surface area contributed by atoms with Crippen molar-refractivity contribution >= 4 is 17.5 Å². The van der Waals surface area contributed by atoms with E-state index < -0.39 is 13.0 Å². The largest absolute Gasteiger partial charge is 0.486 e. The number of hydrogen-bond donors (Lipinski definition) is 0. The van der Waals surface area contributed by atoms with Crippen molar-refractivity contribution in [2.45, 2.75) is 33.2 Å². The minimum Gasteiger partial charge on any atom is -0.486 e. The van der Waals surface area contributed by atoms with E-state index >= 15 is 0 Å². The van der Waals surface area contributed by atoms with Gasteiger partial charge in [0.1, 0.15) is 12.4 Å². The number of halogens is 3. The minimum absolute atomic E-state index is 0.189. The highest BCUT2D eigenvalue weighted by molar-refractivity contribution is 6.32. The minimum atomic E-state index is -2.55.